The summed E-state index contributed by atoms with van der Waals surface area (Å²) in [4.78, 5) is 19.3. The molecule has 0 aliphatic heterocycles. The molecule has 0 unspecified atom stereocenters. The smallest absolute Gasteiger partial charge is 0.270 e. The first-order chi connectivity index (χ1) is 17.7. The molecule has 0 fully saturated rings. The lowest BCUT2D eigenvalue weighted by atomic mass is 10.1. The molecule has 36 heavy (non-hydrogen) atoms. The SMILES string of the molecule is N#Cc1c(-c2ccccc2)nc(NN=Cc2ccc(OCc3ccc4ccccc4c3)cc2)[nH]c1=O. The van der Waals surface area contributed by atoms with Crippen LogP contribution in [0.4, 0.5) is 5.95 Å². The van der Waals surface area contributed by atoms with Crippen molar-refractivity contribution >= 4 is 22.9 Å². The highest BCUT2D eigenvalue weighted by molar-refractivity contribution is 5.83. The van der Waals surface area contributed by atoms with Gasteiger partial charge in [-0.25, -0.2) is 10.4 Å². The van der Waals surface area contributed by atoms with Crippen molar-refractivity contribution in [2.24, 2.45) is 5.10 Å². The maximum atomic E-state index is 12.3. The molecule has 7 nitrogen and oxygen atoms in total. The fraction of sp³-hybridized carbons (Fsp3) is 0.0345. The molecule has 1 heterocycles. The van der Waals surface area contributed by atoms with E-state index in [0.29, 0.717) is 17.9 Å². The summed E-state index contributed by atoms with van der Waals surface area (Å²) in [6.45, 7) is 0.474. The number of ether oxygens (including phenoxy) is 1. The highest BCUT2D eigenvalue weighted by Crippen LogP contribution is 2.20. The summed E-state index contributed by atoms with van der Waals surface area (Å²) >= 11 is 0. The molecule has 0 aliphatic carbocycles. The van der Waals surface area contributed by atoms with Crippen LogP contribution >= 0.6 is 0 Å². The number of nitrogens with one attached hydrogen (secondary N) is 2. The van der Waals surface area contributed by atoms with Crippen molar-refractivity contribution in [1.82, 2.24) is 9.97 Å². The summed E-state index contributed by atoms with van der Waals surface area (Å²) in [5.74, 6) is 0.892. The maximum Gasteiger partial charge on any atom is 0.270 e. The Hall–Kier alpha value is -5.22. The Kier molecular flexibility index (Phi) is 6.50. The Labute approximate surface area is 207 Å². The lowest BCUT2D eigenvalue weighted by Crippen LogP contribution is -2.16. The van der Waals surface area contributed by atoms with Gasteiger partial charge in [-0.05, 0) is 52.2 Å². The number of fused-ring (bicyclic) bond motifs is 1. The van der Waals surface area contributed by atoms with Crippen LogP contribution in [0, 0.1) is 11.3 Å². The summed E-state index contributed by atoms with van der Waals surface area (Å²) in [6, 6.07) is 33.0. The largest absolute Gasteiger partial charge is 0.489 e. The second-order valence-corrected chi connectivity index (χ2v) is 8.03. The third kappa shape index (κ3) is 5.13. The highest BCUT2D eigenvalue weighted by atomic mass is 16.5. The van der Waals surface area contributed by atoms with Crippen molar-refractivity contribution in [2.75, 3.05) is 5.43 Å². The normalized spacial score (nSPS) is 10.9. The fourth-order valence-corrected chi connectivity index (χ4v) is 3.75. The van der Waals surface area contributed by atoms with Crippen LogP contribution < -0.4 is 15.7 Å². The molecule has 0 bridgehead atoms. The van der Waals surface area contributed by atoms with Gasteiger partial charge in [-0.3, -0.25) is 9.78 Å². The minimum atomic E-state index is -0.531. The van der Waals surface area contributed by atoms with Crippen molar-refractivity contribution in [3.05, 3.63) is 124 Å². The zero-order valence-corrected chi connectivity index (χ0v) is 19.2. The van der Waals surface area contributed by atoms with E-state index in [-0.39, 0.29) is 11.5 Å². The van der Waals surface area contributed by atoms with Crippen LogP contribution in [-0.4, -0.2) is 16.2 Å². The van der Waals surface area contributed by atoms with Crippen molar-refractivity contribution in [3.8, 4) is 23.1 Å². The topological polar surface area (TPSA) is 103 Å². The number of anilines is 1. The van der Waals surface area contributed by atoms with Crippen LogP contribution in [0.1, 0.15) is 16.7 Å². The number of H-pyrrole nitrogens is 1. The van der Waals surface area contributed by atoms with E-state index in [1.807, 2.05) is 60.7 Å². The van der Waals surface area contributed by atoms with Gasteiger partial charge in [-0.2, -0.15) is 10.4 Å². The predicted octanol–water partition coefficient (Wildman–Crippen LogP) is 5.49. The van der Waals surface area contributed by atoms with Gasteiger partial charge < -0.3 is 4.74 Å². The highest BCUT2D eigenvalue weighted by Gasteiger charge is 2.12. The van der Waals surface area contributed by atoms with E-state index in [2.05, 4.69) is 50.8 Å². The average molecular weight is 472 g/mol. The molecule has 2 N–H and O–H groups in total. The summed E-state index contributed by atoms with van der Waals surface area (Å²) < 4.78 is 5.92. The molecule has 0 aliphatic rings. The minimum Gasteiger partial charge on any atom is -0.489 e. The van der Waals surface area contributed by atoms with E-state index in [1.54, 1.807) is 18.3 Å². The number of hydrazone groups is 1. The second-order valence-electron chi connectivity index (χ2n) is 8.03. The first-order valence-corrected chi connectivity index (χ1v) is 11.3. The molecule has 1 aromatic heterocycles. The lowest BCUT2D eigenvalue weighted by Gasteiger charge is -2.08. The zero-order chi connectivity index (χ0) is 24.7. The van der Waals surface area contributed by atoms with Gasteiger partial charge in [0.2, 0.25) is 5.95 Å². The van der Waals surface area contributed by atoms with Gasteiger partial charge in [0, 0.05) is 5.56 Å². The Balaban J connectivity index is 1.23. The van der Waals surface area contributed by atoms with Gasteiger partial charge in [-0.15, -0.1) is 0 Å². The number of nitrogens with zero attached hydrogens (tertiary/aromatic N) is 3. The van der Waals surface area contributed by atoms with Crippen molar-refractivity contribution in [1.29, 1.82) is 5.26 Å². The van der Waals surface area contributed by atoms with Crippen LogP contribution in [0.25, 0.3) is 22.0 Å². The maximum absolute atomic E-state index is 12.3. The van der Waals surface area contributed by atoms with E-state index in [1.165, 1.54) is 10.8 Å². The molecule has 4 aromatic carbocycles. The van der Waals surface area contributed by atoms with Crippen LogP contribution in [0.5, 0.6) is 5.75 Å². The monoisotopic (exact) mass is 471 g/mol. The molecule has 0 atom stereocenters. The van der Waals surface area contributed by atoms with Crippen LogP contribution in [0.15, 0.2) is 107 Å². The number of benzene rings is 4. The Bertz CT molecular complexity index is 1640. The first kappa shape index (κ1) is 22.6. The Morgan fingerprint density at radius 3 is 2.47 bits per heavy atom. The van der Waals surface area contributed by atoms with Crippen LogP contribution in [-0.2, 0) is 6.61 Å². The zero-order valence-electron chi connectivity index (χ0n) is 19.2. The molecule has 5 rings (SSSR count). The van der Waals surface area contributed by atoms with Crippen molar-refractivity contribution < 1.29 is 4.74 Å². The summed E-state index contributed by atoms with van der Waals surface area (Å²) in [5, 5.41) is 15.9. The van der Waals surface area contributed by atoms with E-state index < -0.39 is 5.56 Å². The molecular formula is C29H21N5O2. The summed E-state index contributed by atoms with van der Waals surface area (Å²) in [6.07, 6.45) is 1.60. The number of aromatic nitrogens is 2. The Morgan fingerprint density at radius 1 is 0.944 bits per heavy atom. The van der Waals surface area contributed by atoms with Crippen LogP contribution in [0.3, 0.4) is 0 Å². The number of hydrogen-bond acceptors (Lipinski definition) is 6. The van der Waals surface area contributed by atoms with E-state index in [9.17, 15) is 10.1 Å². The van der Waals surface area contributed by atoms with Gasteiger partial charge in [0.25, 0.3) is 5.56 Å². The predicted molar refractivity (Wildman–Crippen MR) is 141 cm³/mol. The molecule has 0 saturated heterocycles. The molecule has 0 radical (unpaired) electrons. The molecule has 0 amide bonds. The molecule has 5 aromatic rings. The molecule has 7 heteroatoms. The number of aromatic amines is 1. The standard InChI is InChI=1S/C29H21N5O2/c30-17-26-27(23-7-2-1-3-8-23)32-29(33-28(26)35)34-31-18-20-11-14-25(15-12-20)36-19-21-10-13-22-6-4-5-9-24(22)16-21/h1-16,18H,19H2,(H2,32,33,34,35). The quantitative estimate of drug-likeness (QED) is 0.241. The average Bonchev–Trinajstić information content (AvgIpc) is 2.92. The van der Waals surface area contributed by atoms with E-state index in [4.69, 9.17) is 4.74 Å². The van der Waals surface area contributed by atoms with Crippen molar-refractivity contribution in [2.45, 2.75) is 6.61 Å². The van der Waals surface area contributed by atoms with E-state index in [0.717, 1.165) is 16.9 Å². The number of nitriles is 1. The summed E-state index contributed by atoms with van der Waals surface area (Å²) in [5.41, 5.74) is 5.06. The minimum absolute atomic E-state index is 0.0463. The molecule has 174 valence electrons. The van der Waals surface area contributed by atoms with Crippen LogP contribution in [0.2, 0.25) is 0 Å². The summed E-state index contributed by atoms with van der Waals surface area (Å²) in [7, 11) is 0. The molecular weight excluding hydrogens is 450 g/mol. The Morgan fingerprint density at radius 2 is 1.69 bits per heavy atom. The van der Waals surface area contributed by atoms with Crippen molar-refractivity contribution in [3.63, 3.8) is 0 Å². The fourth-order valence-electron chi connectivity index (χ4n) is 3.75. The van der Waals surface area contributed by atoms with Gasteiger partial charge in [0.15, 0.2) is 0 Å². The third-order valence-electron chi connectivity index (χ3n) is 5.56. The van der Waals surface area contributed by atoms with Gasteiger partial charge in [0.1, 0.15) is 24.0 Å². The van der Waals surface area contributed by atoms with Gasteiger partial charge in [0.05, 0.1) is 11.9 Å². The lowest BCUT2D eigenvalue weighted by molar-refractivity contribution is 0.306. The van der Waals surface area contributed by atoms with Gasteiger partial charge >= 0.3 is 0 Å². The number of hydrogen-bond donors (Lipinski definition) is 2. The third-order valence-corrected chi connectivity index (χ3v) is 5.56. The van der Waals surface area contributed by atoms with E-state index >= 15 is 0 Å². The molecule has 0 spiro atoms. The first-order valence-electron chi connectivity index (χ1n) is 11.3. The number of rotatable bonds is 7. The second kappa shape index (κ2) is 10.4. The van der Waals surface area contributed by atoms with Gasteiger partial charge in [-0.1, -0.05) is 66.7 Å². The molecule has 0 saturated carbocycles.